The summed E-state index contributed by atoms with van der Waals surface area (Å²) in [6.45, 7) is 2.01. The number of aryl methyl sites for hydroxylation is 1. The highest BCUT2D eigenvalue weighted by molar-refractivity contribution is 6.62. The quantitative estimate of drug-likeness (QED) is 0.660. The van der Waals surface area contributed by atoms with Gasteiger partial charge in [-0.2, -0.15) is 0 Å². The fourth-order valence-corrected chi connectivity index (χ4v) is 1.30. The molecule has 2 nitrogen and oxygen atoms in total. The van der Waals surface area contributed by atoms with Crippen molar-refractivity contribution in [1.29, 1.82) is 0 Å². The Morgan fingerprint density at radius 1 is 1.42 bits per heavy atom. The van der Waals surface area contributed by atoms with E-state index in [2.05, 4.69) is 0 Å². The summed E-state index contributed by atoms with van der Waals surface area (Å²) in [5.74, 6) is 0. The Balaban J connectivity index is 3.03. The molecular formula is C8H10BClO2. The minimum absolute atomic E-state index is 0.355. The van der Waals surface area contributed by atoms with Crippen LogP contribution in [0.15, 0.2) is 18.2 Å². The predicted octanol–water partition coefficient (Wildman–Crippen LogP) is 0.582. The maximum absolute atomic E-state index is 8.84. The molecule has 0 aromatic heterocycles. The van der Waals surface area contributed by atoms with E-state index in [4.69, 9.17) is 21.6 Å². The first-order valence-corrected chi connectivity index (χ1v) is 4.17. The first-order valence-electron chi connectivity index (χ1n) is 3.79. The standard InChI is InChI=1S/C8H10BClO2/c1-2-6-3-4-7(9(11)12)8(10)5-6/h3-5,11-12H,2H2,1H3. The van der Waals surface area contributed by atoms with Crippen LogP contribution in [0.3, 0.4) is 0 Å². The fourth-order valence-electron chi connectivity index (χ4n) is 1.000. The van der Waals surface area contributed by atoms with Crippen molar-refractivity contribution >= 4 is 24.2 Å². The molecule has 1 aromatic carbocycles. The summed E-state index contributed by atoms with van der Waals surface area (Å²) in [7, 11) is -1.48. The maximum Gasteiger partial charge on any atom is 0.489 e. The lowest BCUT2D eigenvalue weighted by Crippen LogP contribution is -2.30. The van der Waals surface area contributed by atoms with Gasteiger partial charge in [-0.15, -0.1) is 0 Å². The molecule has 0 saturated heterocycles. The molecule has 0 radical (unpaired) electrons. The third-order valence-electron chi connectivity index (χ3n) is 1.75. The van der Waals surface area contributed by atoms with Crippen LogP contribution in [-0.2, 0) is 6.42 Å². The van der Waals surface area contributed by atoms with Crippen LogP contribution in [0, 0.1) is 0 Å². The molecule has 64 valence electrons. The van der Waals surface area contributed by atoms with Gasteiger partial charge in [-0.1, -0.05) is 30.7 Å². The van der Waals surface area contributed by atoms with Gasteiger partial charge in [0.25, 0.3) is 0 Å². The van der Waals surface area contributed by atoms with Gasteiger partial charge in [0.2, 0.25) is 0 Å². The Kier molecular flexibility index (Phi) is 3.15. The van der Waals surface area contributed by atoms with Crippen molar-refractivity contribution in [3.63, 3.8) is 0 Å². The van der Waals surface area contributed by atoms with Crippen molar-refractivity contribution in [1.82, 2.24) is 0 Å². The van der Waals surface area contributed by atoms with Crippen molar-refractivity contribution in [3.8, 4) is 0 Å². The second-order valence-electron chi connectivity index (χ2n) is 2.58. The zero-order chi connectivity index (χ0) is 9.14. The number of rotatable bonds is 2. The zero-order valence-corrected chi connectivity index (χ0v) is 7.54. The highest BCUT2D eigenvalue weighted by Gasteiger charge is 2.14. The lowest BCUT2D eigenvalue weighted by molar-refractivity contribution is 0.426. The average molecular weight is 184 g/mol. The highest BCUT2D eigenvalue weighted by atomic mass is 35.5. The van der Waals surface area contributed by atoms with Gasteiger partial charge in [0, 0.05) is 10.5 Å². The van der Waals surface area contributed by atoms with Crippen LogP contribution in [0.1, 0.15) is 12.5 Å². The number of hydrogen-bond donors (Lipinski definition) is 2. The largest absolute Gasteiger partial charge is 0.489 e. The van der Waals surface area contributed by atoms with Crippen molar-refractivity contribution in [2.75, 3.05) is 0 Å². The average Bonchev–Trinajstić information content (AvgIpc) is 2.03. The molecule has 0 bridgehead atoms. The molecule has 0 atom stereocenters. The first-order chi connectivity index (χ1) is 5.65. The zero-order valence-electron chi connectivity index (χ0n) is 6.79. The Hall–Kier alpha value is -0.505. The third-order valence-corrected chi connectivity index (χ3v) is 2.08. The molecule has 0 aliphatic heterocycles. The van der Waals surface area contributed by atoms with E-state index in [1.54, 1.807) is 12.1 Å². The van der Waals surface area contributed by atoms with Crippen LogP contribution in [0.4, 0.5) is 0 Å². The van der Waals surface area contributed by atoms with Crippen molar-refractivity contribution < 1.29 is 10.0 Å². The Bertz CT molecular complexity index is 276. The minimum atomic E-state index is -1.48. The molecular weight excluding hydrogens is 174 g/mol. The van der Waals surface area contributed by atoms with Crippen molar-refractivity contribution in [2.24, 2.45) is 0 Å². The number of benzene rings is 1. The summed E-state index contributed by atoms with van der Waals surface area (Å²) in [6, 6.07) is 5.21. The molecule has 2 N–H and O–H groups in total. The first kappa shape index (κ1) is 9.58. The fraction of sp³-hybridized carbons (Fsp3) is 0.250. The third kappa shape index (κ3) is 2.00. The highest BCUT2D eigenvalue weighted by Crippen LogP contribution is 2.09. The van der Waals surface area contributed by atoms with Crippen LogP contribution in [0.5, 0.6) is 0 Å². The van der Waals surface area contributed by atoms with E-state index in [9.17, 15) is 0 Å². The van der Waals surface area contributed by atoms with Crippen LogP contribution < -0.4 is 5.46 Å². The molecule has 1 rings (SSSR count). The second-order valence-corrected chi connectivity index (χ2v) is 2.99. The maximum atomic E-state index is 8.84. The Morgan fingerprint density at radius 3 is 2.50 bits per heavy atom. The molecule has 12 heavy (non-hydrogen) atoms. The van der Waals surface area contributed by atoms with Gasteiger partial charge in [0.1, 0.15) is 0 Å². The molecule has 0 aliphatic carbocycles. The van der Waals surface area contributed by atoms with Gasteiger partial charge in [0.05, 0.1) is 0 Å². The second kappa shape index (κ2) is 3.94. The van der Waals surface area contributed by atoms with Gasteiger partial charge < -0.3 is 10.0 Å². The monoisotopic (exact) mass is 184 g/mol. The van der Waals surface area contributed by atoms with Gasteiger partial charge >= 0.3 is 7.12 Å². The normalized spacial score (nSPS) is 10.0. The van der Waals surface area contributed by atoms with E-state index in [1.807, 2.05) is 13.0 Å². The molecule has 0 heterocycles. The molecule has 0 amide bonds. The Morgan fingerprint density at radius 2 is 2.08 bits per heavy atom. The van der Waals surface area contributed by atoms with E-state index in [0.29, 0.717) is 10.5 Å². The van der Waals surface area contributed by atoms with Crippen molar-refractivity contribution in [2.45, 2.75) is 13.3 Å². The Labute approximate surface area is 76.9 Å². The summed E-state index contributed by atoms with van der Waals surface area (Å²) < 4.78 is 0. The lowest BCUT2D eigenvalue weighted by atomic mass is 9.80. The summed E-state index contributed by atoms with van der Waals surface area (Å²) in [6.07, 6.45) is 0.890. The predicted molar refractivity (Wildman–Crippen MR) is 50.7 cm³/mol. The van der Waals surface area contributed by atoms with E-state index in [1.165, 1.54) is 0 Å². The molecule has 0 aliphatic rings. The van der Waals surface area contributed by atoms with Crippen LogP contribution in [0.2, 0.25) is 5.02 Å². The summed E-state index contributed by atoms with van der Waals surface area (Å²) >= 11 is 5.78. The molecule has 0 spiro atoms. The summed E-state index contributed by atoms with van der Waals surface area (Å²) in [5, 5.41) is 18.1. The van der Waals surface area contributed by atoms with Crippen molar-refractivity contribution in [3.05, 3.63) is 28.8 Å². The van der Waals surface area contributed by atoms with Gasteiger partial charge in [-0.3, -0.25) is 0 Å². The van der Waals surface area contributed by atoms with Crippen LogP contribution in [0.25, 0.3) is 0 Å². The SMILES string of the molecule is CCc1ccc(B(O)O)c(Cl)c1. The smallest absolute Gasteiger partial charge is 0.423 e. The van der Waals surface area contributed by atoms with E-state index >= 15 is 0 Å². The van der Waals surface area contributed by atoms with Crippen LogP contribution >= 0.6 is 11.6 Å². The lowest BCUT2D eigenvalue weighted by Gasteiger charge is -2.03. The molecule has 0 saturated carbocycles. The van der Waals surface area contributed by atoms with Gasteiger partial charge in [-0.05, 0) is 18.1 Å². The van der Waals surface area contributed by atoms with E-state index in [0.717, 1.165) is 12.0 Å². The summed E-state index contributed by atoms with van der Waals surface area (Å²) in [4.78, 5) is 0. The topological polar surface area (TPSA) is 40.5 Å². The van der Waals surface area contributed by atoms with Gasteiger partial charge in [-0.25, -0.2) is 0 Å². The van der Waals surface area contributed by atoms with E-state index < -0.39 is 7.12 Å². The van der Waals surface area contributed by atoms with E-state index in [-0.39, 0.29) is 0 Å². The minimum Gasteiger partial charge on any atom is -0.423 e. The number of hydrogen-bond acceptors (Lipinski definition) is 2. The molecule has 0 fully saturated rings. The summed E-state index contributed by atoms with van der Waals surface area (Å²) in [5.41, 5.74) is 1.44. The van der Waals surface area contributed by atoms with Crippen LogP contribution in [-0.4, -0.2) is 17.2 Å². The molecule has 4 heteroatoms. The number of halogens is 1. The molecule has 0 unspecified atom stereocenters. The molecule has 1 aromatic rings. The van der Waals surface area contributed by atoms with Gasteiger partial charge in [0.15, 0.2) is 0 Å².